The molecule has 2 atom stereocenters. The summed E-state index contributed by atoms with van der Waals surface area (Å²) in [6, 6.07) is 0. The van der Waals surface area contributed by atoms with E-state index < -0.39 is 5.60 Å². The quantitative estimate of drug-likeness (QED) is 0.863. The molecule has 1 N–H and O–H groups in total. The van der Waals surface area contributed by atoms with E-state index >= 15 is 0 Å². The molecule has 2 unspecified atom stereocenters. The molecule has 20 heavy (non-hydrogen) atoms. The number of ketones is 1. The molecule has 0 aromatic carbocycles. The maximum atomic E-state index is 12.4. The smallest absolute Gasteiger partial charge is 0.149 e. The van der Waals surface area contributed by atoms with E-state index in [1.165, 1.54) is 32.1 Å². The maximum absolute atomic E-state index is 12.4. The van der Waals surface area contributed by atoms with Crippen LogP contribution in [0.25, 0.3) is 0 Å². The minimum Gasteiger partial charge on any atom is -0.390 e. The second-order valence-corrected chi connectivity index (χ2v) is 7.33. The molecule has 114 valence electrons. The van der Waals surface area contributed by atoms with Crippen molar-refractivity contribution in [3.8, 4) is 0 Å². The van der Waals surface area contributed by atoms with Gasteiger partial charge in [0.05, 0.1) is 12.1 Å². The average molecular weight is 279 g/mol. The molecule has 0 bridgehead atoms. The number of rotatable bonds is 3. The van der Waals surface area contributed by atoms with Crippen LogP contribution >= 0.6 is 0 Å². The highest BCUT2D eigenvalue weighted by atomic mass is 16.3. The molecule has 3 aliphatic rings. The summed E-state index contributed by atoms with van der Waals surface area (Å²) in [7, 11) is 0. The predicted molar refractivity (Wildman–Crippen MR) is 79.5 cm³/mol. The Bertz CT molecular complexity index is 351. The predicted octanol–water partition coefficient (Wildman–Crippen LogP) is 2.76. The van der Waals surface area contributed by atoms with Gasteiger partial charge in [-0.1, -0.05) is 32.1 Å². The van der Waals surface area contributed by atoms with E-state index in [-0.39, 0.29) is 0 Å². The van der Waals surface area contributed by atoms with E-state index in [4.69, 9.17) is 0 Å². The van der Waals surface area contributed by atoms with E-state index in [1.807, 2.05) is 0 Å². The third-order valence-corrected chi connectivity index (χ3v) is 5.95. The molecule has 0 aromatic rings. The summed E-state index contributed by atoms with van der Waals surface area (Å²) in [6.45, 7) is 2.48. The third-order valence-electron chi connectivity index (χ3n) is 5.95. The molecule has 3 nitrogen and oxygen atoms in total. The van der Waals surface area contributed by atoms with Crippen molar-refractivity contribution in [3.63, 3.8) is 0 Å². The van der Waals surface area contributed by atoms with Crippen molar-refractivity contribution < 1.29 is 9.90 Å². The number of hydrogen-bond donors (Lipinski definition) is 1. The molecular weight excluding hydrogens is 250 g/mol. The zero-order chi connectivity index (χ0) is 14.0. The fraction of sp³-hybridized carbons (Fsp3) is 0.941. The monoisotopic (exact) mass is 279 g/mol. The number of fused-ring (bicyclic) bond motifs is 1. The Labute approximate surface area is 122 Å². The van der Waals surface area contributed by atoms with Crippen molar-refractivity contribution >= 4 is 5.78 Å². The van der Waals surface area contributed by atoms with Crippen LogP contribution < -0.4 is 0 Å². The van der Waals surface area contributed by atoms with Crippen LogP contribution in [0.15, 0.2) is 0 Å². The first kappa shape index (κ1) is 14.5. The highest BCUT2D eigenvalue weighted by Gasteiger charge is 2.43. The summed E-state index contributed by atoms with van der Waals surface area (Å²) in [4.78, 5) is 14.7. The molecule has 3 rings (SSSR count). The number of carbonyl (C=O) groups excluding carboxylic acids is 1. The number of carbonyl (C=O) groups is 1. The highest BCUT2D eigenvalue weighted by Crippen LogP contribution is 2.39. The lowest BCUT2D eigenvalue weighted by molar-refractivity contribution is -0.129. The summed E-state index contributed by atoms with van der Waals surface area (Å²) in [5.41, 5.74) is -0.414. The van der Waals surface area contributed by atoms with Crippen molar-refractivity contribution in [3.05, 3.63) is 0 Å². The van der Waals surface area contributed by atoms with Gasteiger partial charge in [0.1, 0.15) is 5.78 Å². The lowest BCUT2D eigenvalue weighted by Gasteiger charge is -2.47. The molecule has 1 saturated heterocycles. The first-order chi connectivity index (χ1) is 9.67. The Morgan fingerprint density at radius 1 is 1.05 bits per heavy atom. The van der Waals surface area contributed by atoms with Crippen molar-refractivity contribution in [2.45, 2.75) is 69.8 Å². The first-order valence-electron chi connectivity index (χ1n) is 8.65. The van der Waals surface area contributed by atoms with Crippen LogP contribution in [0.4, 0.5) is 0 Å². The fourth-order valence-corrected chi connectivity index (χ4v) is 4.56. The summed E-state index contributed by atoms with van der Waals surface area (Å²) >= 11 is 0. The zero-order valence-electron chi connectivity index (χ0n) is 12.6. The van der Waals surface area contributed by atoms with E-state index in [2.05, 4.69) is 4.90 Å². The standard InChI is InChI=1S/C17H29NO2/c19-16(14-6-2-1-3-7-14)13-18-11-10-17(20)9-5-4-8-15(17)12-18/h14-15,20H,1-13H2. The number of nitrogens with zero attached hydrogens (tertiary/aromatic N) is 1. The topological polar surface area (TPSA) is 40.5 Å². The minimum atomic E-state index is -0.414. The van der Waals surface area contributed by atoms with Gasteiger partial charge in [-0.3, -0.25) is 9.69 Å². The van der Waals surface area contributed by atoms with Crippen molar-refractivity contribution in [1.29, 1.82) is 0 Å². The van der Waals surface area contributed by atoms with E-state index in [9.17, 15) is 9.90 Å². The number of aliphatic hydroxyl groups is 1. The highest BCUT2D eigenvalue weighted by molar-refractivity contribution is 5.83. The molecule has 0 radical (unpaired) electrons. The Hall–Kier alpha value is -0.410. The number of Topliss-reactive ketones (excluding diaryl/α,β-unsaturated/α-hetero) is 1. The molecular formula is C17H29NO2. The van der Waals surface area contributed by atoms with Crippen LogP contribution in [0.3, 0.4) is 0 Å². The zero-order valence-corrected chi connectivity index (χ0v) is 12.6. The van der Waals surface area contributed by atoms with Gasteiger partial charge in [-0.2, -0.15) is 0 Å². The molecule has 3 heteroatoms. The maximum Gasteiger partial charge on any atom is 0.149 e. The lowest BCUT2D eigenvalue weighted by atomic mass is 9.71. The second-order valence-electron chi connectivity index (χ2n) is 7.33. The summed E-state index contributed by atoms with van der Waals surface area (Å²) in [5, 5.41) is 10.7. The van der Waals surface area contributed by atoms with Crippen molar-refractivity contribution in [1.82, 2.24) is 4.90 Å². The van der Waals surface area contributed by atoms with Gasteiger partial charge in [-0.15, -0.1) is 0 Å². The van der Waals surface area contributed by atoms with Gasteiger partial charge in [-0.05, 0) is 32.1 Å². The Balaban J connectivity index is 1.52. The summed E-state index contributed by atoms with van der Waals surface area (Å²) in [6.07, 6.45) is 11.4. The van der Waals surface area contributed by atoms with Gasteiger partial charge >= 0.3 is 0 Å². The van der Waals surface area contributed by atoms with E-state index in [1.54, 1.807) is 0 Å². The normalized spacial score (nSPS) is 36.5. The summed E-state index contributed by atoms with van der Waals surface area (Å²) in [5.74, 6) is 1.20. The van der Waals surface area contributed by atoms with Gasteiger partial charge < -0.3 is 5.11 Å². The average Bonchev–Trinajstić information content (AvgIpc) is 2.48. The van der Waals surface area contributed by atoms with Gasteiger partial charge in [0.25, 0.3) is 0 Å². The van der Waals surface area contributed by atoms with Gasteiger partial charge in [0, 0.05) is 24.9 Å². The van der Waals surface area contributed by atoms with Gasteiger partial charge in [-0.25, -0.2) is 0 Å². The van der Waals surface area contributed by atoms with Crippen LogP contribution in [0.2, 0.25) is 0 Å². The molecule has 0 spiro atoms. The van der Waals surface area contributed by atoms with E-state index in [0.29, 0.717) is 24.2 Å². The molecule has 1 heterocycles. The second kappa shape index (κ2) is 6.15. The molecule has 3 fully saturated rings. The van der Waals surface area contributed by atoms with Crippen LogP contribution in [0, 0.1) is 11.8 Å². The molecule has 0 aromatic heterocycles. The lowest BCUT2D eigenvalue weighted by Crippen LogP contribution is -2.54. The third kappa shape index (κ3) is 3.09. The minimum absolute atomic E-state index is 0.330. The van der Waals surface area contributed by atoms with Crippen LogP contribution in [0.1, 0.15) is 64.2 Å². The molecule has 0 amide bonds. The largest absolute Gasteiger partial charge is 0.390 e. The van der Waals surface area contributed by atoms with Crippen molar-refractivity contribution in [2.75, 3.05) is 19.6 Å². The number of hydrogen-bond acceptors (Lipinski definition) is 3. The van der Waals surface area contributed by atoms with Gasteiger partial charge in [0.2, 0.25) is 0 Å². The van der Waals surface area contributed by atoms with Crippen LogP contribution in [-0.2, 0) is 4.79 Å². The summed E-state index contributed by atoms with van der Waals surface area (Å²) < 4.78 is 0. The number of piperidine rings is 1. The number of likely N-dealkylation sites (tertiary alicyclic amines) is 1. The van der Waals surface area contributed by atoms with Gasteiger partial charge in [0.15, 0.2) is 0 Å². The van der Waals surface area contributed by atoms with Crippen LogP contribution in [0.5, 0.6) is 0 Å². The van der Waals surface area contributed by atoms with Crippen LogP contribution in [-0.4, -0.2) is 41.0 Å². The Kier molecular flexibility index (Phi) is 4.46. The molecule has 1 aliphatic heterocycles. The SMILES string of the molecule is O=C(CN1CCC2(O)CCCCC2C1)C1CCCCC1. The first-order valence-corrected chi connectivity index (χ1v) is 8.65. The Morgan fingerprint density at radius 2 is 1.80 bits per heavy atom. The van der Waals surface area contributed by atoms with E-state index in [0.717, 1.165) is 45.2 Å². The van der Waals surface area contributed by atoms with Crippen molar-refractivity contribution in [2.24, 2.45) is 11.8 Å². The Morgan fingerprint density at radius 3 is 2.60 bits per heavy atom. The molecule has 2 aliphatic carbocycles. The molecule has 2 saturated carbocycles. The fourth-order valence-electron chi connectivity index (χ4n) is 4.56.